The number of hydrogen-bond donors (Lipinski definition) is 2. The van der Waals surface area contributed by atoms with Gasteiger partial charge in [-0.3, -0.25) is 0 Å². The van der Waals surface area contributed by atoms with Crippen LogP contribution in [0.4, 0.5) is 11.5 Å². The van der Waals surface area contributed by atoms with Crippen molar-refractivity contribution in [2.45, 2.75) is 6.92 Å². The number of nitrogens with zero attached hydrogens (tertiary/aromatic N) is 2. The molecule has 0 bridgehead atoms. The second-order valence-corrected chi connectivity index (χ2v) is 4.91. The summed E-state index contributed by atoms with van der Waals surface area (Å²) >= 11 is 3.49. The molecule has 3 aromatic rings. The van der Waals surface area contributed by atoms with Gasteiger partial charge in [0.05, 0.1) is 5.39 Å². The molecular formula is C13H11BrN4. The summed E-state index contributed by atoms with van der Waals surface area (Å²) in [5, 5.41) is 4.29. The summed E-state index contributed by atoms with van der Waals surface area (Å²) in [6, 6.07) is 8.07. The van der Waals surface area contributed by atoms with E-state index >= 15 is 0 Å². The van der Waals surface area contributed by atoms with Crippen LogP contribution in [-0.4, -0.2) is 15.0 Å². The number of halogens is 1. The maximum absolute atomic E-state index is 4.27. The van der Waals surface area contributed by atoms with E-state index in [0.717, 1.165) is 27.0 Å². The number of benzene rings is 1. The highest BCUT2D eigenvalue weighted by atomic mass is 79.9. The Bertz CT molecular complexity index is 705. The Labute approximate surface area is 113 Å². The van der Waals surface area contributed by atoms with Gasteiger partial charge in [0, 0.05) is 16.4 Å². The number of aromatic amines is 1. The standard InChI is InChI=1S/C13H11BrN4/c1-8-6-9(2-3-11(8)14)18-13-10-4-5-15-12(10)16-7-17-13/h2-7H,1H3,(H2,15,16,17,18). The van der Waals surface area contributed by atoms with Crippen molar-refractivity contribution in [1.29, 1.82) is 0 Å². The third-order valence-corrected chi connectivity index (χ3v) is 3.66. The number of anilines is 2. The molecule has 4 nitrogen and oxygen atoms in total. The lowest BCUT2D eigenvalue weighted by molar-refractivity contribution is 1.20. The Balaban J connectivity index is 2.01. The predicted molar refractivity (Wildman–Crippen MR) is 76.1 cm³/mol. The van der Waals surface area contributed by atoms with Crippen molar-refractivity contribution in [3.05, 3.63) is 46.8 Å². The molecule has 0 amide bonds. The monoisotopic (exact) mass is 302 g/mol. The van der Waals surface area contributed by atoms with Crippen molar-refractivity contribution in [3.8, 4) is 0 Å². The Kier molecular flexibility index (Phi) is 2.76. The number of aromatic nitrogens is 3. The molecule has 2 N–H and O–H groups in total. The number of hydrogen-bond acceptors (Lipinski definition) is 3. The van der Waals surface area contributed by atoms with E-state index in [2.05, 4.69) is 49.2 Å². The molecule has 90 valence electrons. The van der Waals surface area contributed by atoms with Gasteiger partial charge in [0.2, 0.25) is 0 Å². The van der Waals surface area contributed by atoms with Crippen LogP contribution in [0.5, 0.6) is 0 Å². The van der Waals surface area contributed by atoms with E-state index in [0.29, 0.717) is 0 Å². The van der Waals surface area contributed by atoms with Crippen LogP contribution in [0.2, 0.25) is 0 Å². The minimum atomic E-state index is 0.808. The third-order valence-electron chi connectivity index (χ3n) is 2.77. The van der Waals surface area contributed by atoms with Crippen LogP contribution >= 0.6 is 15.9 Å². The summed E-state index contributed by atoms with van der Waals surface area (Å²) in [6.45, 7) is 2.06. The molecule has 0 aliphatic carbocycles. The van der Waals surface area contributed by atoms with E-state index in [9.17, 15) is 0 Å². The van der Waals surface area contributed by atoms with Crippen LogP contribution in [0, 0.1) is 6.92 Å². The summed E-state index contributed by atoms with van der Waals surface area (Å²) in [5.74, 6) is 0.808. The van der Waals surface area contributed by atoms with Gasteiger partial charge in [-0.25, -0.2) is 9.97 Å². The van der Waals surface area contributed by atoms with Crippen molar-refractivity contribution in [2.75, 3.05) is 5.32 Å². The van der Waals surface area contributed by atoms with E-state index in [4.69, 9.17) is 0 Å². The van der Waals surface area contributed by atoms with Crippen molar-refractivity contribution >= 4 is 38.5 Å². The first-order valence-corrected chi connectivity index (χ1v) is 6.34. The van der Waals surface area contributed by atoms with Crippen molar-refractivity contribution in [1.82, 2.24) is 15.0 Å². The maximum atomic E-state index is 4.27. The zero-order valence-corrected chi connectivity index (χ0v) is 11.3. The molecule has 0 saturated carbocycles. The average Bonchev–Trinajstić information content (AvgIpc) is 2.83. The first-order valence-electron chi connectivity index (χ1n) is 5.55. The van der Waals surface area contributed by atoms with Gasteiger partial charge < -0.3 is 10.3 Å². The fourth-order valence-corrected chi connectivity index (χ4v) is 2.08. The highest BCUT2D eigenvalue weighted by Crippen LogP contribution is 2.25. The second-order valence-electron chi connectivity index (χ2n) is 4.05. The quantitative estimate of drug-likeness (QED) is 0.757. The lowest BCUT2D eigenvalue weighted by atomic mass is 10.2. The van der Waals surface area contributed by atoms with E-state index in [-0.39, 0.29) is 0 Å². The van der Waals surface area contributed by atoms with Gasteiger partial charge in [-0.1, -0.05) is 15.9 Å². The molecule has 0 atom stereocenters. The lowest BCUT2D eigenvalue weighted by Gasteiger charge is -2.08. The number of H-pyrrole nitrogens is 1. The Hall–Kier alpha value is -1.88. The molecule has 0 fully saturated rings. The van der Waals surface area contributed by atoms with E-state index < -0.39 is 0 Å². The minimum Gasteiger partial charge on any atom is -0.346 e. The summed E-state index contributed by atoms with van der Waals surface area (Å²) in [4.78, 5) is 11.5. The van der Waals surface area contributed by atoms with Gasteiger partial charge in [-0.05, 0) is 36.8 Å². The van der Waals surface area contributed by atoms with Crippen molar-refractivity contribution in [3.63, 3.8) is 0 Å². The average molecular weight is 303 g/mol. The summed E-state index contributed by atoms with van der Waals surface area (Å²) in [6.07, 6.45) is 3.41. The molecule has 0 radical (unpaired) electrons. The first-order chi connectivity index (χ1) is 8.74. The Morgan fingerprint density at radius 2 is 2.11 bits per heavy atom. The Morgan fingerprint density at radius 3 is 2.94 bits per heavy atom. The molecular weight excluding hydrogens is 292 g/mol. The van der Waals surface area contributed by atoms with Crippen LogP contribution in [0.25, 0.3) is 11.0 Å². The molecule has 1 aromatic carbocycles. The molecule has 0 spiro atoms. The summed E-state index contributed by atoms with van der Waals surface area (Å²) < 4.78 is 1.10. The largest absolute Gasteiger partial charge is 0.346 e. The van der Waals surface area contributed by atoms with Crippen LogP contribution in [0.1, 0.15) is 5.56 Å². The van der Waals surface area contributed by atoms with E-state index in [1.807, 2.05) is 24.4 Å². The van der Waals surface area contributed by atoms with E-state index in [1.165, 1.54) is 5.56 Å². The fraction of sp³-hybridized carbons (Fsp3) is 0.0769. The van der Waals surface area contributed by atoms with Gasteiger partial charge in [0.15, 0.2) is 0 Å². The summed E-state index contributed by atoms with van der Waals surface area (Å²) in [5.41, 5.74) is 3.03. The number of fused-ring (bicyclic) bond motifs is 1. The number of rotatable bonds is 2. The highest BCUT2D eigenvalue weighted by molar-refractivity contribution is 9.10. The fourth-order valence-electron chi connectivity index (χ4n) is 1.83. The first kappa shape index (κ1) is 11.2. The van der Waals surface area contributed by atoms with Gasteiger partial charge in [0.1, 0.15) is 17.8 Å². The van der Waals surface area contributed by atoms with Crippen LogP contribution < -0.4 is 5.32 Å². The van der Waals surface area contributed by atoms with Crippen LogP contribution in [0.15, 0.2) is 41.3 Å². The normalized spacial score (nSPS) is 10.8. The number of nitrogens with one attached hydrogen (secondary N) is 2. The molecule has 18 heavy (non-hydrogen) atoms. The summed E-state index contributed by atoms with van der Waals surface area (Å²) in [7, 11) is 0. The SMILES string of the molecule is Cc1cc(Nc2ncnc3[nH]ccc23)ccc1Br. The molecule has 3 rings (SSSR count). The van der Waals surface area contributed by atoms with E-state index in [1.54, 1.807) is 6.33 Å². The Morgan fingerprint density at radius 1 is 1.22 bits per heavy atom. The maximum Gasteiger partial charge on any atom is 0.143 e. The zero-order valence-electron chi connectivity index (χ0n) is 9.74. The molecule has 0 aliphatic rings. The van der Waals surface area contributed by atoms with Crippen LogP contribution in [-0.2, 0) is 0 Å². The predicted octanol–water partition coefficient (Wildman–Crippen LogP) is 3.77. The lowest BCUT2D eigenvalue weighted by Crippen LogP contribution is -1.95. The minimum absolute atomic E-state index is 0.808. The molecule has 2 aromatic heterocycles. The van der Waals surface area contributed by atoms with Crippen molar-refractivity contribution in [2.24, 2.45) is 0 Å². The molecule has 0 unspecified atom stereocenters. The van der Waals surface area contributed by atoms with Crippen LogP contribution in [0.3, 0.4) is 0 Å². The third kappa shape index (κ3) is 1.97. The topological polar surface area (TPSA) is 53.6 Å². The zero-order chi connectivity index (χ0) is 12.5. The molecule has 0 saturated heterocycles. The molecule has 5 heteroatoms. The smallest absolute Gasteiger partial charge is 0.143 e. The molecule has 2 heterocycles. The highest BCUT2D eigenvalue weighted by Gasteiger charge is 2.05. The molecule has 0 aliphatic heterocycles. The van der Waals surface area contributed by atoms with Gasteiger partial charge in [0.25, 0.3) is 0 Å². The second kappa shape index (κ2) is 4.42. The van der Waals surface area contributed by atoms with Gasteiger partial charge in [-0.2, -0.15) is 0 Å². The van der Waals surface area contributed by atoms with Gasteiger partial charge in [-0.15, -0.1) is 0 Å². The van der Waals surface area contributed by atoms with Gasteiger partial charge >= 0.3 is 0 Å². The number of aryl methyl sites for hydroxylation is 1. The van der Waals surface area contributed by atoms with Crippen molar-refractivity contribution < 1.29 is 0 Å².